The van der Waals surface area contributed by atoms with E-state index in [2.05, 4.69) is 4.72 Å². The standard InChI is InChI=1S/C21H24N2O6S/c1-13-6-4-5-7-17(13)18(11-21(25)26)22-30(27,28)16-8-9-20-19(10-16)23(15(3)24)12-14(2)29-20/h4-10,14,18,22H,11-12H2,1-3H3,(H,25,26)/t14-,18+/m1/s1. The van der Waals surface area contributed by atoms with Gasteiger partial charge in [0.05, 0.1) is 29.6 Å². The first kappa shape index (κ1) is 21.8. The second-order valence-corrected chi connectivity index (χ2v) is 9.03. The van der Waals surface area contributed by atoms with Gasteiger partial charge in [-0.3, -0.25) is 9.59 Å². The Labute approximate surface area is 175 Å². The van der Waals surface area contributed by atoms with Crippen molar-refractivity contribution in [2.24, 2.45) is 0 Å². The summed E-state index contributed by atoms with van der Waals surface area (Å²) < 4.78 is 34.4. The topological polar surface area (TPSA) is 113 Å². The molecule has 1 aliphatic heterocycles. The lowest BCUT2D eigenvalue weighted by Gasteiger charge is -2.33. The second kappa shape index (κ2) is 8.45. The Kier molecular flexibility index (Phi) is 6.14. The number of nitrogens with zero attached hydrogens (tertiary/aromatic N) is 1. The van der Waals surface area contributed by atoms with Gasteiger partial charge in [0.25, 0.3) is 0 Å². The number of rotatable bonds is 6. The molecule has 1 amide bonds. The van der Waals surface area contributed by atoms with Crippen molar-refractivity contribution in [2.75, 3.05) is 11.4 Å². The number of sulfonamides is 1. The van der Waals surface area contributed by atoms with E-state index in [1.807, 2.05) is 6.92 Å². The highest BCUT2D eigenvalue weighted by Crippen LogP contribution is 2.36. The number of benzene rings is 2. The third kappa shape index (κ3) is 4.63. The number of ether oxygens (including phenoxy) is 1. The molecule has 0 spiro atoms. The van der Waals surface area contributed by atoms with Gasteiger partial charge in [0.1, 0.15) is 11.9 Å². The number of carbonyl (C=O) groups is 2. The van der Waals surface area contributed by atoms with Crippen LogP contribution in [0.2, 0.25) is 0 Å². The molecule has 0 saturated heterocycles. The summed E-state index contributed by atoms with van der Waals surface area (Å²) in [6.07, 6.45) is -0.627. The number of carboxylic acid groups (broad SMARTS) is 1. The highest BCUT2D eigenvalue weighted by Gasteiger charge is 2.29. The largest absolute Gasteiger partial charge is 0.487 e. The van der Waals surface area contributed by atoms with Gasteiger partial charge < -0.3 is 14.7 Å². The van der Waals surface area contributed by atoms with Crippen LogP contribution in [0.3, 0.4) is 0 Å². The minimum absolute atomic E-state index is 0.0744. The van der Waals surface area contributed by atoms with Crippen molar-refractivity contribution < 1.29 is 27.9 Å². The van der Waals surface area contributed by atoms with Gasteiger partial charge in [0.2, 0.25) is 15.9 Å². The molecule has 3 rings (SSSR count). The fourth-order valence-corrected chi connectivity index (χ4v) is 4.74. The van der Waals surface area contributed by atoms with E-state index < -0.39 is 28.5 Å². The minimum atomic E-state index is -4.07. The maximum absolute atomic E-state index is 13.1. The smallest absolute Gasteiger partial charge is 0.305 e. The molecule has 160 valence electrons. The quantitative estimate of drug-likeness (QED) is 0.726. The van der Waals surface area contributed by atoms with Crippen molar-refractivity contribution >= 4 is 27.6 Å². The van der Waals surface area contributed by atoms with Crippen LogP contribution in [0.5, 0.6) is 5.75 Å². The number of carbonyl (C=O) groups excluding carboxylic acids is 1. The average Bonchev–Trinajstić information content (AvgIpc) is 2.66. The summed E-state index contributed by atoms with van der Waals surface area (Å²) in [5, 5.41) is 9.29. The highest BCUT2D eigenvalue weighted by atomic mass is 32.2. The van der Waals surface area contributed by atoms with Crippen molar-refractivity contribution in [2.45, 2.75) is 44.2 Å². The zero-order valence-electron chi connectivity index (χ0n) is 17.0. The summed E-state index contributed by atoms with van der Waals surface area (Å²) >= 11 is 0. The fraction of sp³-hybridized carbons (Fsp3) is 0.333. The zero-order valence-corrected chi connectivity index (χ0v) is 17.8. The van der Waals surface area contributed by atoms with Crippen LogP contribution in [0, 0.1) is 6.92 Å². The molecule has 8 nitrogen and oxygen atoms in total. The predicted molar refractivity (Wildman–Crippen MR) is 111 cm³/mol. The lowest BCUT2D eigenvalue weighted by Crippen LogP contribution is -2.41. The van der Waals surface area contributed by atoms with E-state index in [9.17, 15) is 23.1 Å². The van der Waals surface area contributed by atoms with Crippen molar-refractivity contribution in [1.29, 1.82) is 0 Å². The molecule has 2 aromatic rings. The summed E-state index contributed by atoms with van der Waals surface area (Å²) in [4.78, 5) is 24.8. The van der Waals surface area contributed by atoms with E-state index in [4.69, 9.17) is 4.74 Å². The van der Waals surface area contributed by atoms with Crippen molar-refractivity contribution in [3.05, 3.63) is 53.6 Å². The number of amides is 1. The Morgan fingerprint density at radius 2 is 1.97 bits per heavy atom. The van der Waals surface area contributed by atoms with Gasteiger partial charge in [-0.15, -0.1) is 0 Å². The molecule has 0 aliphatic carbocycles. The van der Waals surface area contributed by atoms with Gasteiger partial charge in [-0.25, -0.2) is 13.1 Å². The van der Waals surface area contributed by atoms with Gasteiger partial charge in [-0.2, -0.15) is 0 Å². The molecular weight excluding hydrogens is 408 g/mol. The zero-order chi connectivity index (χ0) is 22.1. The van der Waals surface area contributed by atoms with E-state index in [0.717, 1.165) is 5.56 Å². The Bertz CT molecular complexity index is 1080. The summed E-state index contributed by atoms with van der Waals surface area (Å²) in [7, 11) is -4.07. The van der Waals surface area contributed by atoms with Gasteiger partial charge in [0.15, 0.2) is 0 Å². The number of fused-ring (bicyclic) bond motifs is 1. The first-order valence-electron chi connectivity index (χ1n) is 9.47. The summed E-state index contributed by atoms with van der Waals surface area (Å²) in [5.41, 5.74) is 1.74. The molecule has 30 heavy (non-hydrogen) atoms. The van der Waals surface area contributed by atoms with Crippen LogP contribution in [-0.4, -0.2) is 38.0 Å². The van der Waals surface area contributed by atoms with Crippen molar-refractivity contribution in [3.63, 3.8) is 0 Å². The summed E-state index contributed by atoms with van der Waals surface area (Å²) in [6.45, 7) is 5.33. The SMILES string of the molecule is CC(=O)N1C[C@@H](C)Oc2ccc(S(=O)(=O)N[C@@H](CC(=O)O)c3ccccc3C)cc21. The fourth-order valence-electron chi connectivity index (χ4n) is 3.51. The Hall–Kier alpha value is -2.91. The molecule has 0 aromatic heterocycles. The molecule has 0 bridgehead atoms. The van der Waals surface area contributed by atoms with Crippen LogP contribution >= 0.6 is 0 Å². The highest BCUT2D eigenvalue weighted by molar-refractivity contribution is 7.89. The number of hydrogen-bond donors (Lipinski definition) is 2. The molecule has 1 aliphatic rings. The lowest BCUT2D eigenvalue weighted by atomic mass is 10.00. The molecule has 0 fully saturated rings. The molecule has 9 heteroatoms. The van der Waals surface area contributed by atoms with E-state index in [-0.39, 0.29) is 16.9 Å². The van der Waals surface area contributed by atoms with Crippen molar-refractivity contribution in [1.82, 2.24) is 4.72 Å². The average molecular weight is 432 g/mol. The van der Waals surface area contributed by atoms with E-state index >= 15 is 0 Å². The van der Waals surface area contributed by atoms with Gasteiger partial charge in [-0.1, -0.05) is 24.3 Å². The molecule has 1 heterocycles. The third-order valence-corrected chi connectivity index (χ3v) is 6.39. The normalized spacial score (nSPS) is 17.0. The number of hydrogen-bond acceptors (Lipinski definition) is 5. The number of aliphatic carboxylic acids is 1. The van der Waals surface area contributed by atoms with Crippen LogP contribution < -0.4 is 14.4 Å². The van der Waals surface area contributed by atoms with Crippen LogP contribution in [0.1, 0.15) is 37.4 Å². The Balaban J connectivity index is 1.98. The van der Waals surface area contributed by atoms with Crippen LogP contribution in [0.15, 0.2) is 47.4 Å². The first-order chi connectivity index (χ1) is 14.1. The van der Waals surface area contributed by atoms with E-state index in [1.54, 1.807) is 31.2 Å². The predicted octanol–water partition coefficient (Wildman–Crippen LogP) is 2.62. The Morgan fingerprint density at radius 1 is 1.27 bits per heavy atom. The van der Waals surface area contributed by atoms with Crippen LogP contribution in [0.4, 0.5) is 5.69 Å². The number of anilines is 1. The second-order valence-electron chi connectivity index (χ2n) is 7.32. The van der Waals surface area contributed by atoms with Gasteiger partial charge >= 0.3 is 5.97 Å². The van der Waals surface area contributed by atoms with Crippen LogP contribution in [-0.2, 0) is 19.6 Å². The van der Waals surface area contributed by atoms with Crippen LogP contribution in [0.25, 0.3) is 0 Å². The maximum Gasteiger partial charge on any atom is 0.305 e. The van der Waals surface area contributed by atoms with Gasteiger partial charge in [-0.05, 0) is 43.2 Å². The maximum atomic E-state index is 13.1. The van der Waals surface area contributed by atoms with E-state index in [0.29, 0.717) is 23.5 Å². The molecule has 2 aromatic carbocycles. The summed E-state index contributed by atoms with van der Waals surface area (Å²) in [5.74, 6) is -0.928. The molecule has 2 N–H and O–H groups in total. The monoisotopic (exact) mass is 432 g/mol. The van der Waals surface area contributed by atoms with E-state index in [1.165, 1.54) is 30.0 Å². The number of carboxylic acids is 1. The first-order valence-corrected chi connectivity index (χ1v) is 11.0. The number of nitrogens with one attached hydrogen (secondary N) is 1. The van der Waals surface area contributed by atoms with Crippen molar-refractivity contribution in [3.8, 4) is 5.75 Å². The molecule has 2 atom stereocenters. The lowest BCUT2D eigenvalue weighted by molar-refractivity contribution is -0.137. The summed E-state index contributed by atoms with van der Waals surface area (Å²) in [6, 6.07) is 10.3. The molecule has 0 radical (unpaired) electrons. The molecule has 0 saturated carbocycles. The molecular formula is C21H24N2O6S. The molecule has 0 unspecified atom stereocenters. The van der Waals surface area contributed by atoms with Gasteiger partial charge in [0, 0.05) is 6.92 Å². The number of aryl methyl sites for hydroxylation is 1. The minimum Gasteiger partial charge on any atom is -0.487 e. The Morgan fingerprint density at radius 3 is 2.60 bits per heavy atom. The third-order valence-electron chi connectivity index (χ3n) is 4.92.